The predicted molar refractivity (Wildman–Crippen MR) is 99.3 cm³/mol. The SMILES string of the molecule is O=CC(CO)OCC(F)(F)c1ccc(-c2cccnc2OC2CCCC2)cc1. The number of alkyl halides is 2. The molecule has 7 heteroatoms. The summed E-state index contributed by atoms with van der Waals surface area (Å²) in [5.74, 6) is -2.78. The largest absolute Gasteiger partial charge is 0.474 e. The van der Waals surface area contributed by atoms with Gasteiger partial charge >= 0.3 is 0 Å². The molecule has 3 rings (SSSR count). The third-order valence-electron chi connectivity index (χ3n) is 4.78. The molecule has 2 aromatic rings. The first-order valence-corrected chi connectivity index (χ1v) is 9.31. The molecule has 1 saturated carbocycles. The summed E-state index contributed by atoms with van der Waals surface area (Å²) in [6.07, 6.45) is 5.11. The summed E-state index contributed by atoms with van der Waals surface area (Å²) in [6, 6.07) is 9.45. The highest BCUT2D eigenvalue weighted by molar-refractivity contribution is 5.68. The molecule has 0 aliphatic heterocycles. The van der Waals surface area contributed by atoms with Crippen molar-refractivity contribution in [3.8, 4) is 17.0 Å². The van der Waals surface area contributed by atoms with Crippen LogP contribution < -0.4 is 4.74 Å². The Kier molecular flexibility index (Phi) is 6.70. The van der Waals surface area contributed by atoms with Gasteiger partial charge in [-0.2, -0.15) is 8.78 Å². The topological polar surface area (TPSA) is 68.7 Å². The first-order chi connectivity index (χ1) is 13.5. The van der Waals surface area contributed by atoms with E-state index in [1.165, 1.54) is 12.1 Å². The zero-order valence-corrected chi connectivity index (χ0v) is 15.4. The molecular formula is C21H23F2NO4. The van der Waals surface area contributed by atoms with Crippen molar-refractivity contribution >= 4 is 6.29 Å². The van der Waals surface area contributed by atoms with Crippen molar-refractivity contribution < 1.29 is 28.2 Å². The van der Waals surface area contributed by atoms with E-state index in [2.05, 4.69) is 4.98 Å². The third-order valence-corrected chi connectivity index (χ3v) is 4.78. The Hall–Kier alpha value is -2.38. The maximum Gasteiger partial charge on any atom is 0.296 e. The van der Waals surface area contributed by atoms with Crippen molar-refractivity contribution in [1.82, 2.24) is 4.98 Å². The van der Waals surface area contributed by atoms with E-state index in [9.17, 15) is 13.6 Å². The number of nitrogens with zero attached hydrogens (tertiary/aromatic N) is 1. The van der Waals surface area contributed by atoms with Gasteiger partial charge in [-0.1, -0.05) is 24.3 Å². The summed E-state index contributed by atoms with van der Waals surface area (Å²) < 4.78 is 39.4. The number of aldehydes is 1. The summed E-state index contributed by atoms with van der Waals surface area (Å²) in [5, 5.41) is 8.86. The molecule has 1 aromatic heterocycles. The van der Waals surface area contributed by atoms with Crippen molar-refractivity contribution in [1.29, 1.82) is 0 Å². The van der Waals surface area contributed by atoms with E-state index in [0.717, 1.165) is 36.8 Å². The molecular weight excluding hydrogens is 368 g/mol. The summed E-state index contributed by atoms with van der Waals surface area (Å²) in [4.78, 5) is 14.9. The standard InChI is InChI=1S/C21H23F2NO4/c22-21(23,14-27-18(12-25)13-26)16-9-7-15(8-10-16)19-6-3-11-24-20(19)28-17-4-1-2-5-17/h3,6-12,17-18,26H,1-2,4-5,13-14H2. The number of rotatable bonds is 9. The minimum atomic E-state index is -3.28. The number of ether oxygens (including phenoxy) is 2. The van der Waals surface area contributed by atoms with Crippen LogP contribution in [-0.4, -0.2) is 41.8 Å². The molecule has 28 heavy (non-hydrogen) atoms. The number of aliphatic hydroxyl groups excluding tert-OH is 1. The molecule has 150 valence electrons. The van der Waals surface area contributed by atoms with Crippen LogP contribution in [0.2, 0.25) is 0 Å². The van der Waals surface area contributed by atoms with Crippen LogP contribution in [0.1, 0.15) is 31.2 Å². The van der Waals surface area contributed by atoms with E-state index in [1.54, 1.807) is 24.4 Å². The van der Waals surface area contributed by atoms with Gasteiger partial charge in [0.1, 0.15) is 18.8 Å². The molecule has 1 fully saturated rings. The zero-order valence-electron chi connectivity index (χ0n) is 15.4. The maximum absolute atomic E-state index is 14.3. The van der Waals surface area contributed by atoms with Gasteiger partial charge in [0.25, 0.3) is 5.92 Å². The maximum atomic E-state index is 14.3. The molecule has 1 unspecified atom stereocenters. The molecule has 0 saturated heterocycles. The number of carbonyl (C=O) groups excluding carboxylic acids is 1. The summed E-state index contributed by atoms with van der Waals surface area (Å²) in [6.45, 7) is -1.62. The molecule has 0 amide bonds. The highest BCUT2D eigenvalue weighted by Gasteiger charge is 2.33. The summed E-state index contributed by atoms with van der Waals surface area (Å²) in [7, 11) is 0. The van der Waals surface area contributed by atoms with E-state index in [1.807, 2.05) is 6.07 Å². The van der Waals surface area contributed by atoms with E-state index in [4.69, 9.17) is 14.6 Å². The fourth-order valence-corrected chi connectivity index (χ4v) is 3.19. The average Bonchev–Trinajstić information content (AvgIpc) is 3.22. The van der Waals surface area contributed by atoms with Crippen molar-refractivity contribution in [3.63, 3.8) is 0 Å². The van der Waals surface area contributed by atoms with Gasteiger partial charge in [-0.3, -0.25) is 0 Å². The molecule has 1 N–H and O–H groups in total. The Labute approximate surface area is 162 Å². The first-order valence-electron chi connectivity index (χ1n) is 9.31. The molecule has 1 aliphatic rings. The number of pyridine rings is 1. The lowest BCUT2D eigenvalue weighted by molar-refractivity contribution is -0.135. The van der Waals surface area contributed by atoms with Crippen molar-refractivity contribution in [2.24, 2.45) is 0 Å². The van der Waals surface area contributed by atoms with Gasteiger partial charge in [0, 0.05) is 17.3 Å². The number of halogens is 2. The third kappa shape index (κ3) is 4.91. The number of aliphatic hydroxyl groups is 1. The Balaban J connectivity index is 1.74. The van der Waals surface area contributed by atoms with E-state index in [0.29, 0.717) is 12.2 Å². The van der Waals surface area contributed by atoms with E-state index in [-0.39, 0.29) is 11.7 Å². The summed E-state index contributed by atoms with van der Waals surface area (Å²) >= 11 is 0. The Bertz CT molecular complexity index is 776. The van der Waals surface area contributed by atoms with Gasteiger partial charge in [-0.15, -0.1) is 0 Å². The smallest absolute Gasteiger partial charge is 0.296 e. The van der Waals surface area contributed by atoms with E-state index < -0.39 is 25.2 Å². The molecule has 0 spiro atoms. The minimum Gasteiger partial charge on any atom is -0.474 e. The van der Waals surface area contributed by atoms with Crippen LogP contribution in [-0.2, 0) is 15.5 Å². The lowest BCUT2D eigenvalue weighted by atomic mass is 10.0. The highest BCUT2D eigenvalue weighted by atomic mass is 19.3. The lowest BCUT2D eigenvalue weighted by Crippen LogP contribution is -2.28. The number of benzene rings is 1. The zero-order chi connectivity index (χ0) is 20.0. The molecule has 0 radical (unpaired) electrons. The molecule has 1 aromatic carbocycles. The monoisotopic (exact) mass is 391 g/mol. The molecule has 5 nitrogen and oxygen atoms in total. The molecule has 0 bridgehead atoms. The summed E-state index contributed by atoms with van der Waals surface area (Å²) in [5.41, 5.74) is 1.24. The van der Waals surface area contributed by atoms with Gasteiger partial charge in [0.15, 0.2) is 6.29 Å². The van der Waals surface area contributed by atoms with Crippen LogP contribution >= 0.6 is 0 Å². The molecule has 1 atom stereocenters. The normalized spacial score (nSPS) is 16.1. The second kappa shape index (κ2) is 9.21. The van der Waals surface area contributed by atoms with Gasteiger partial charge in [-0.25, -0.2) is 4.98 Å². The van der Waals surface area contributed by atoms with E-state index >= 15 is 0 Å². The van der Waals surface area contributed by atoms with Gasteiger partial charge < -0.3 is 19.4 Å². The number of carbonyl (C=O) groups is 1. The second-order valence-corrected chi connectivity index (χ2v) is 6.83. The Morgan fingerprint density at radius 1 is 1.21 bits per heavy atom. The van der Waals surface area contributed by atoms with Gasteiger partial charge in [0.2, 0.25) is 5.88 Å². The predicted octanol–water partition coefficient (Wildman–Crippen LogP) is 3.74. The van der Waals surface area contributed by atoms with Crippen LogP contribution in [0.15, 0.2) is 42.6 Å². The molecule has 1 aliphatic carbocycles. The van der Waals surface area contributed by atoms with Crippen molar-refractivity contribution in [3.05, 3.63) is 48.2 Å². The fourth-order valence-electron chi connectivity index (χ4n) is 3.19. The average molecular weight is 391 g/mol. The quantitative estimate of drug-likeness (QED) is 0.660. The second-order valence-electron chi connectivity index (χ2n) is 6.83. The van der Waals surface area contributed by atoms with Crippen LogP contribution in [0, 0.1) is 0 Å². The van der Waals surface area contributed by atoms with Crippen LogP contribution in [0.5, 0.6) is 5.88 Å². The van der Waals surface area contributed by atoms with Crippen LogP contribution in [0.3, 0.4) is 0 Å². The highest BCUT2D eigenvalue weighted by Crippen LogP contribution is 2.34. The Morgan fingerprint density at radius 3 is 2.57 bits per heavy atom. The van der Waals surface area contributed by atoms with Crippen molar-refractivity contribution in [2.45, 2.75) is 43.8 Å². The van der Waals surface area contributed by atoms with Crippen LogP contribution in [0.4, 0.5) is 8.78 Å². The van der Waals surface area contributed by atoms with Gasteiger partial charge in [-0.05, 0) is 43.4 Å². The van der Waals surface area contributed by atoms with Crippen LogP contribution in [0.25, 0.3) is 11.1 Å². The number of hydrogen-bond acceptors (Lipinski definition) is 5. The Morgan fingerprint density at radius 2 is 1.93 bits per heavy atom. The lowest BCUT2D eigenvalue weighted by Gasteiger charge is -2.19. The fraction of sp³-hybridized carbons (Fsp3) is 0.429. The number of aromatic nitrogens is 1. The van der Waals surface area contributed by atoms with Gasteiger partial charge in [0.05, 0.1) is 6.61 Å². The first kappa shape index (κ1) is 20.4. The van der Waals surface area contributed by atoms with Crippen molar-refractivity contribution in [2.75, 3.05) is 13.2 Å². The molecule has 1 heterocycles. The number of hydrogen-bond donors (Lipinski definition) is 1. The minimum absolute atomic E-state index is 0.145.